The van der Waals surface area contributed by atoms with Crippen molar-refractivity contribution in [2.75, 3.05) is 20.1 Å². The summed E-state index contributed by atoms with van der Waals surface area (Å²) in [6.07, 6.45) is 0.989. The number of likely N-dealkylation sites (tertiary alicyclic amines) is 1. The Hall–Kier alpha value is -1.10. The van der Waals surface area contributed by atoms with Gasteiger partial charge in [-0.25, -0.2) is 4.79 Å². The zero-order valence-corrected chi connectivity index (χ0v) is 11.1. The number of likely N-dealkylation sites (N-methyl/N-ethyl adjacent to an activating group) is 1. The molecular formula is C12H22N2O3. The van der Waals surface area contributed by atoms with Crippen molar-refractivity contribution in [1.82, 2.24) is 9.80 Å². The molecule has 1 fully saturated rings. The van der Waals surface area contributed by atoms with E-state index in [1.54, 1.807) is 0 Å². The van der Waals surface area contributed by atoms with E-state index in [4.69, 9.17) is 0 Å². The second kappa shape index (κ2) is 5.04. The minimum absolute atomic E-state index is 0.161. The van der Waals surface area contributed by atoms with Crippen LogP contribution in [0.4, 0.5) is 0 Å². The number of carbonyl (C=O) groups excluding carboxylic acids is 1. The van der Waals surface area contributed by atoms with Gasteiger partial charge in [0, 0.05) is 26.1 Å². The van der Waals surface area contributed by atoms with Crippen LogP contribution in [0, 0.1) is 0 Å². The van der Waals surface area contributed by atoms with E-state index >= 15 is 0 Å². The molecule has 98 valence electrons. The van der Waals surface area contributed by atoms with Crippen LogP contribution in [0.2, 0.25) is 0 Å². The highest BCUT2D eigenvalue weighted by atomic mass is 16.4. The smallest absolute Gasteiger partial charge is 0.329 e. The molecule has 2 unspecified atom stereocenters. The molecule has 0 radical (unpaired) electrons. The Labute approximate surface area is 102 Å². The third-order valence-corrected chi connectivity index (χ3v) is 3.87. The first kappa shape index (κ1) is 14.0. The van der Waals surface area contributed by atoms with Crippen LogP contribution in [0.15, 0.2) is 0 Å². The van der Waals surface area contributed by atoms with Crippen LogP contribution >= 0.6 is 0 Å². The molecule has 5 heteroatoms. The molecule has 0 spiro atoms. The quantitative estimate of drug-likeness (QED) is 0.795. The lowest BCUT2D eigenvalue weighted by atomic mass is 9.82. The van der Waals surface area contributed by atoms with Crippen molar-refractivity contribution in [3.05, 3.63) is 0 Å². The fourth-order valence-electron chi connectivity index (χ4n) is 2.71. The lowest BCUT2D eigenvalue weighted by Gasteiger charge is -2.47. The summed E-state index contributed by atoms with van der Waals surface area (Å²) in [7, 11) is 1.99. The highest BCUT2D eigenvalue weighted by Gasteiger charge is 2.48. The summed E-state index contributed by atoms with van der Waals surface area (Å²) in [5.74, 6) is -1.04. The average Bonchev–Trinajstić information content (AvgIpc) is 2.23. The number of rotatable bonds is 3. The van der Waals surface area contributed by atoms with Crippen molar-refractivity contribution in [1.29, 1.82) is 0 Å². The Morgan fingerprint density at radius 3 is 2.47 bits per heavy atom. The molecule has 1 rings (SSSR count). The lowest BCUT2D eigenvalue weighted by molar-refractivity contribution is -0.163. The number of nitrogens with zero attached hydrogens (tertiary/aromatic N) is 2. The molecule has 0 aromatic carbocycles. The van der Waals surface area contributed by atoms with E-state index in [0.29, 0.717) is 25.9 Å². The molecule has 2 atom stereocenters. The van der Waals surface area contributed by atoms with Crippen LogP contribution in [-0.4, -0.2) is 58.5 Å². The van der Waals surface area contributed by atoms with E-state index in [-0.39, 0.29) is 11.9 Å². The maximum Gasteiger partial charge on any atom is 0.329 e. The summed E-state index contributed by atoms with van der Waals surface area (Å²) in [4.78, 5) is 26.9. The lowest BCUT2D eigenvalue weighted by Crippen LogP contribution is -2.62. The molecular weight excluding hydrogens is 220 g/mol. The summed E-state index contributed by atoms with van der Waals surface area (Å²) in [6, 6.07) is 0.174. The van der Waals surface area contributed by atoms with Crippen LogP contribution in [0.25, 0.3) is 0 Å². The minimum atomic E-state index is -1.02. The molecule has 0 bridgehead atoms. The zero-order chi connectivity index (χ0) is 13.2. The van der Waals surface area contributed by atoms with Crippen molar-refractivity contribution in [3.8, 4) is 0 Å². The molecule has 1 heterocycles. The number of piperidine rings is 1. The fraction of sp³-hybridized carbons (Fsp3) is 0.833. The topological polar surface area (TPSA) is 60.9 Å². The van der Waals surface area contributed by atoms with Crippen LogP contribution in [-0.2, 0) is 9.59 Å². The fourth-order valence-corrected chi connectivity index (χ4v) is 2.71. The summed E-state index contributed by atoms with van der Waals surface area (Å²) in [5, 5.41) is 9.53. The highest BCUT2D eigenvalue weighted by molar-refractivity contribution is 5.86. The number of carboxylic acid groups (broad SMARTS) is 1. The number of hydrogen-bond acceptors (Lipinski definition) is 3. The molecule has 1 saturated heterocycles. The van der Waals surface area contributed by atoms with Gasteiger partial charge in [0.05, 0.1) is 0 Å². The molecule has 1 amide bonds. The molecule has 0 saturated carbocycles. The van der Waals surface area contributed by atoms with Gasteiger partial charge in [0.25, 0.3) is 0 Å². The number of carbonyl (C=O) groups is 2. The van der Waals surface area contributed by atoms with Crippen molar-refractivity contribution < 1.29 is 14.7 Å². The van der Waals surface area contributed by atoms with Gasteiger partial charge in [-0.3, -0.25) is 4.79 Å². The monoisotopic (exact) mass is 242 g/mol. The molecule has 0 aliphatic carbocycles. The first-order valence-corrected chi connectivity index (χ1v) is 6.07. The van der Waals surface area contributed by atoms with Crippen molar-refractivity contribution in [2.45, 2.75) is 45.2 Å². The molecule has 17 heavy (non-hydrogen) atoms. The van der Waals surface area contributed by atoms with Gasteiger partial charge in [-0.15, -0.1) is 0 Å². The van der Waals surface area contributed by atoms with E-state index in [9.17, 15) is 14.7 Å². The summed E-state index contributed by atoms with van der Waals surface area (Å²) in [6.45, 7) is 6.42. The SMILES string of the molecule is CCN(C(C)=O)C1(C(=O)O)CCN(C)C(C)C1. The number of hydrogen-bond donors (Lipinski definition) is 1. The molecule has 1 aliphatic heterocycles. The summed E-state index contributed by atoms with van der Waals surface area (Å²) >= 11 is 0. The second-order valence-corrected chi connectivity index (χ2v) is 4.88. The van der Waals surface area contributed by atoms with Gasteiger partial charge < -0.3 is 14.9 Å². The Bertz CT molecular complexity index is 319. The van der Waals surface area contributed by atoms with E-state index < -0.39 is 11.5 Å². The molecule has 1 aliphatic rings. The molecule has 5 nitrogen and oxygen atoms in total. The Morgan fingerprint density at radius 1 is 1.53 bits per heavy atom. The van der Waals surface area contributed by atoms with E-state index in [1.165, 1.54) is 11.8 Å². The highest BCUT2D eigenvalue weighted by Crippen LogP contribution is 2.32. The normalized spacial score (nSPS) is 30.0. The van der Waals surface area contributed by atoms with Crippen LogP contribution < -0.4 is 0 Å². The zero-order valence-electron chi connectivity index (χ0n) is 11.1. The van der Waals surface area contributed by atoms with Crippen LogP contribution in [0.3, 0.4) is 0 Å². The van der Waals surface area contributed by atoms with Gasteiger partial charge in [-0.1, -0.05) is 0 Å². The molecule has 0 aromatic heterocycles. The second-order valence-electron chi connectivity index (χ2n) is 4.88. The summed E-state index contributed by atoms with van der Waals surface area (Å²) in [5.41, 5.74) is -1.02. The Balaban J connectivity index is 3.06. The van der Waals surface area contributed by atoms with Crippen molar-refractivity contribution in [3.63, 3.8) is 0 Å². The number of aliphatic carboxylic acids is 1. The van der Waals surface area contributed by atoms with Gasteiger partial charge in [-0.2, -0.15) is 0 Å². The molecule has 1 N–H and O–H groups in total. The first-order chi connectivity index (χ1) is 7.85. The summed E-state index contributed by atoms with van der Waals surface area (Å²) < 4.78 is 0. The van der Waals surface area contributed by atoms with Gasteiger partial charge >= 0.3 is 5.97 Å². The number of carboxylic acids is 1. The minimum Gasteiger partial charge on any atom is -0.479 e. The van der Waals surface area contributed by atoms with Crippen molar-refractivity contribution in [2.24, 2.45) is 0 Å². The van der Waals surface area contributed by atoms with Crippen LogP contribution in [0.1, 0.15) is 33.6 Å². The Kier molecular flexibility index (Phi) is 4.14. The molecule has 0 aromatic rings. The largest absolute Gasteiger partial charge is 0.479 e. The Morgan fingerprint density at radius 2 is 2.12 bits per heavy atom. The van der Waals surface area contributed by atoms with Gasteiger partial charge in [-0.05, 0) is 33.7 Å². The van der Waals surface area contributed by atoms with Crippen molar-refractivity contribution >= 4 is 11.9 Å². The average molecular weight is 242 g/mol. The number of amides is 1. The van der Waals surface area contributed by atoms with E-state index in [2.05, 4.69) is 4.90 Å². The maximum absolute atomic E-state index is 11.6. The predicted molar refractivity (Wildman–Crippen MR) is 64.8 cm³/mol. The maximum atomic E-state index is 11.6. The standard InChI is InChI=1S/C12H22N2O3/c1-5-14(10(3)15)12(11(16)17)6-7-13(4)9(2)8-12/h9H,5-8H2,1-4H3,(H,16,17). The predicted octanol–water partition coefficient (Wildman–Crippen LogP) is 0.792. The van der Waals surface area contributed by atoms with E-state index in [1.807, 2.05) is 20.9 Å². The first-order valence-electron chi connectivity index (χ1n) is 6.07. The third-order valence-electron chi connectivity index (χ3n) is 3.87. The van der Waals surface area contributed by atoms with Crippen LogP contribution in [0.5, 0.6) is 0 Å². The third kappa shape index (κ3) is 2.44. The van der Waals surface area contributed by atoms with E-state index in [0.717, 1.165) is 0 Å². The van der Waals surface area contributed by atoms with Gasteiger partial charge in [0.2, 0.25) is 5.91 Å². The van der Waals surface area contributed by atoms with Gasteiger partial charge in [0.1, 0.15) is 5.54 Å². The van der Waals surface area contributed by atoms with Gasteiger partial charge in [0.15, 0.2) is 0 Å².